The van der Waals surface area contributed by atoms with Crippen LogP contribution in [-0.2, 0) is 27.1 Å². The van der Waals surface area contributed by atoms with Gasteiger partial charge in [0.05, 0.1) is 12.7 Å². The van der Waals surface area contributed by atoms with E-state index in [0.29, 0.717) is 5.92 Å². The lowest BCUT2D eigenvalue weighted by atomic mass is 9.79. The zero-order valence-corrected chi connectivity index (χ0v) is 19.6. The summed E-state index contributed by atoms with van der Waals surface area (Å²) in [5.41, 5.74) is 1.76. The lowest BCUT2D eigenvalue weighted by Crippen LogP contribution is -2.48. The Balaban J connectivity index is 1.36. The molecule has 2 heterocycles. The summed E-state index contributed by atoms with van der Waals surface area (Å²) >= 11 is 0. The number of fused-ring (bicyclic) bond motifs is 1. The molecule has 2 unspecified atom stereocenters. The standard InChI is InChI=1S/C24H37N3O5/c1-15(20(22(28)29)27-23(30)32-24(2,3)4)14-31-19-12-16(13-19)7-9-18-10-8-17-6-5-11-25-21(17)26-18/h8,10,15-16,19-20H,5-7,9,11-14H2,1-4H3,(H,25,26)(H,27,30)(H,28,29). The second-order valence-corrected chi connectivity index (χ2v) is 10.1. The molecule has 0 radical (unpaired) electrons. The van der Waals surface area contributed by atoms with Crippen LogP contribution in [0.1, 0.15) is 64.6 Å². The van der Waals surface area contributed by atoms with Crippen LogP contribution in [0.2, 0.25) is 0 Å². The third kappa shape index (κ3) is 7.08. The Hall–Kier alpha value is -2.35. The van der Waals surface area contributed by atoms with E-state index in [9.17, 15) is 14.7 Å². The third-order valence-corrected chi connectivity index (χ3v) is 6.06. The Bertz CT molecular complexity index is 801. The molecule has 2 atom stereocenters. The molecule has 3 rings (SSSR count). The van der Waals surface area contributed by atoms with Crippen molar-refractivity contribution in [2.75, 3.05) is 18.5 Å². The van der Waals surface area contributed by atoms with Crippen molar-refractivity contribution >= 4 is 17.9 Å². The number of ether oxygens (including phenoxy) is 2. The molecule has 0 spiro atoms. The number of carbonyl (C=O) groups excluding carboxylic acids is 1. The predicted molar refractivity (Wildman–Crippen MR) is 122 cm³/mol. The van der Waals surface area contributed by atoms with Crippen LogP contribution in [0.5, 0.6) is 0 Å². The average Bonchev–Trinajstić information content (AvgIpc) is 2.68. The lowest BCUT2D eigenvalue weighted by Gasteiger charge is -2.36. The number of alkyl carbamates (subject to hydrolysis) is 1. The van der Waals surface area contributed by atoms with Gasteiger partial charge in [-0.1, -0.05) is 13.0 Å². The summed E-state index contributed by atoms with van der Waals surface area (Å²) in [5, 5.41) is 15.3. The van der Waals surface area contributed by atoms with E-state index in [-0.39, 0.29) is 18.6 Å². The highest BCUT2D eigenvalue weighted by Crippen LogP contribution is 2.34. The van der Waals surface area contributed by atoms with E-state index < -0.39 is 23.7 Å². The minimum atomic E-state index is -1.09. The number of anilines is 1. The lowest BCUT2D eigenvalue weighted by molar-refractivity contribution is -0.142. The minimum absolute atomic E-state index is 0.150. The smallest absolute Gasteiger partial charge is 0.408 e. The second-order valence-electron chi connectivity index (χ2n) is 10.1. The number of aryl methyl sites for hydroxylation is 2. The Kier molecular flexibility index (Phi) is 7.98. The zero-order valence-electron chi connectivity index (χ0n) is 19.6. The number of rotatable bonds is 9. The summed E-state index contributed by atoms with van der Waals surface area (Å²) in [6.07, 6.45) is 5.69. The topological polar surface area (TPSA) is 110 Å². The van der Waals surface area contributed by atoms with Crippen molar-refractivity contribution in [2.24, 2.45) is 11.8 Å². The molecule has 178 valence electrons. The number of nitrogens with zero attached hydrogens (tertiary/aromatic N) is 1. The van der Waals surface area contributed by atoms with E-state index in [1.807, 2.05) is 0 Å². The van der Waals surface area contributed by atoms with Gasteiger partial charge in [0.1, 0.15) is 17.5 Å². The fourth-order valence-corrected chi connectivity index (χ4v) is 4.17. The first kappa shape index (κ1) is 24.3. The molecule has 1 aliphatic carbocycles. The molecular formula is C24H37N3O5. The SMILES string of the molecule is CC(COC1CC(CCc2ccc3c(n2)NCCC3)C1)C(NC(=O)OC(C)(C)C)C(=O)O. The highest BCUT2D eigenvalue weighted by atomic mass is 16.6. The Morgan fingerprint density at radius 2 is 2.06 bits per heavy atom. The first-order chi connectivity index (χ1) is 15.1. The predicted octanol–water partition coefficient (Wildman–Crippen LogP) is 3.78. The summed E-state index contributed by atoms with van der Waals surface area (Å²) in [7, 11) is 0. The molecule has 1 aromatic heterocycles. The van der Waals surface area contributed by atoms with Crippen LogP contribution < -0.4 is 10.6 Å². The van der Waals surface area contributed by atoms with Gasteiger partial charge >= 0.3 is 12.1 Å². The molecule has 8 heteroatoms. The van der Waals surface area contributed by atoms with E-state index in [0.717, 1.165) is 50.2 Å². The molecule has 3 N–H and O–H groups in total. The van der Waals surface area contributed by atoms with Crippen molar-refractivity contribution in [3.63, 3.8) is 0 Å². The van der Waals surface area contributed by atoms with Gasteiger partial charge in [0.15, 0.2) is 0 Å². The van der Waals surface area contributed by atoms with Crippen LogP contribution in [0.25, 0.3) is 0 Å². The van der Waals surface area contributed by atoms with Crippen LogP contribution in [-0.4, -0.2) is 53.1 Å². The second kappa shape index (κ2) is 10.5. The van der Waals surface area contributed by atoms with Crippen molar-refractivity contribution < 1.29 is 24.2 Å². The van der Waals surface area contributed by atoms with Crippen molar-refractivity contribution in [3.05, 3.63) is 23.4 Å². The van der Waals surface area contributed by atoms with Crippen molar-refractivity contribution in [1.82, 2.24) is 10.3 Å². The van der Waals surface area contributed by atoms with Crippen molar-refractivity contribution in [2.45, 2.75) is 84.0 Å². The number of carbonyl (C=O) groups is 2. The molecule has 1 amide bonds. The van der Waals surface area contributed by atoms with Crippen LogP contribution >= 0.6 is 0 Å². The van der Waals surface area contributed by atoms with Crippen molar-refractivity contribution in [1.29, 1.82) is 0 Å². The maximum Gasteiger partial charge on any atom is 0.408 e. The van der Waals surface area contributed by atoms with Gasteiger partial charge in [0, 0.05) is 18.2 Å². The monoisotopic (exact) mass is 447 g/mol. The van der Waals surface area contributed by atoms with Gasteiger partial charge in [-0.3, -0.25) is 0 Å². The molecule has 8 nitrogen and oxygen atoms in total. The first-order valence-corrected chi connectivity index (χ1v) is 11.7. The Labute approximate surface area is 190 Å². The van der Waals surface area contributed by atoms with Gasteiger partial charge in [0.25, 0.3) is 0 Å². The summed E-state index contributed by atoms with van der Waals surface area (Å²) in [4.78, 5) is 28.3. The number of nitrogens with one attached hydrogen (secondary N) is 2. The number of aliphatic carboxylic acids is 1. The van der Waals surface area contributed by atoms with Gasteiger partial charge in [-0.25, -0.2) is 14.6 Å². The number of hydrogen-bond donors (Lipinski definition) is 3. The van der Waals surface area contributed by atoms with Gasteiger partial charge in [-0.05, 0) is 76.8 Å². The largest absolute Gasteiger partial charge is 0.480 e. The summed E-state index contributed by atoms with van der Waals surface area (Å²) in [6, 6.07) is 3.29. The molecule has 0 saturated heterocycles. The number of carboxylic acid groups (broad SMARTS) is 1. The molecule has 32 heavy (non-hydrogen) atoms. The Morgan fingerprint density at radius 1 is 1.31 bits per heavy atom. The highest BCUT2D eigenvalue weighted by Gasteiger charge is 2.33. The van der Waals surface area contributed by atoms with E-state index >= 15 is 0 Å². The number of amides is 1. The maximum absolute atomic E-state index is 11.9. The third-order valence-electron chi connectivity index (χ3n) is 6.06. The van der Waals surface area contributed by atoms with Crippen LogP contribution in [0.4, 0.5) is 10.6 Å². The molecule has 1 aliphatic heterocycles. The Morgan fingerprint density at radius 3 is 2.75 bits per heavy atom. The van der Waals surface area contributed by atoms with Gasteiger partial charge in [-0.15, -0.1) is 0 Å². The van der Waals surface area contributed by atoms with Crippen LogP contribution in [0.3, 0.4) is 0 Å². The van der Waals surface area contributed by atoms with E-state index in [1.54, 1.807) is 27.7 Å². The average molecular weight is 448 g/mol. The molecule has 1 fully saturated rings. The fraction of sp³-hybridized carbons (Fsp3) is 0.708. The van der Waals surface area contributed by atoms with E-state index in [2.05, 4.69) is 22.8 Å². The maximum atomic E-state index is 11.9. The van der Waals surface area contributed by atoms with E-state index in [4.69, 9.17) is 14.5 Å². The normalized spacial score (nSPS) is 22.0. The summed E-state index contributed by atoms with van der Waals surface area (Å²) in [6.45, 7) is 8.26. The fourth-order valence-electron chi connectivity index (χ4n) is 4.17. The quantitative estimate of drug-likeness (QED) is 0.528. The molecule has 1 aromatic rings. The van der Waals surface area contributed by atoms with Crippen LogP contribution in [0.15, 0.2) is 12.1 Å². The highest BCUT2D eigenvalue weighted by molar-refractivity contribution is 5.80. The number of carboxylic acids is 1. The minimum Gasteiger partial charge on any atom is -0.480 e. The zero-order chi connectivity index (χ0) is 23.3. The van der Waals surface area contributed by atoms with Crippen molar-refractivity contribution in [3.8, 4) is 0 Å². The molecule has 0 aromatic carbocycles. The number of pyridine rings is 1. The molecule has 0 bridgehead atoms. The number of hydrogen-bond acceptors (Lipinski definition) is 6. The summed E-state index contributed by atoms with van der Waals surface area (Å²) in [5.74, 6) is 0.193. The van der Waals surface area contributed by atoms with E-state index in [1.165, 1.54) is 12.0 Å². The van der Waals surface area contributed by atoms with Crippen LogP contribution in [0, 0.1) is 11.8 Å². The van der Waals surface area contributed by atoms with Gasteiger partial charge in [0.2, 0.25) is 0 Å². The number of aromatic nitrogens is 1. The van der Waals surface area contributed by atoms with Gasteiger partial charge < -0.3 is 25.2 Å². The molecule has 2 aliphatic rings. The summed E-state index contributed by atoms with van der Waals surface area (Å²) < 4.78 is 11.1. The van der Waals surface area contributed by atoms with Gasteiger partial charge in [-0.2, -0.15) is 0 Å². The molecular weight excluding hydrogens is 410 g/mol. The molecule has 1 saturated carbocycles. The first-order valence-electron chi connectivity index (χ1n) is 11.7.